The Balaban J connectivity index is 1.39. The Kier molecular flexibility index (Phi) is 4.48. The fourth-order valence-electron chi connectivity index (χ4n) is 5.92. The van der Waals surface area contributed by atoms with Gasteiger partial charge in [-0.3, -0.25) is 9.69 Å². The number of benzene rings is 1. The van der Waals surface area contributed by atoms with Gasteiger partial charge >= 0.3 is 0 Å². The van der Waals surface area contributed by atoms with Crippen molar-refractivity contribution in [3.63, 3.8) is 0 Å². The Hall–Kier alpha value is -2.36. The van der Waals surface area contributed by atoms with Crippen LogP contribution in [0.2, 0.25) is 0 Å². The molecule has 0 atom stereocenters. The van der Waals surface area contributed by atoms with Gasteiger partial charge in [-0.25, -0.2) is 0 Å². The normalized spacial score (nSPS) is 22.0. The number of nitrogens with zero attached hydrogens (tertiary/aromatic N) is 3. The molecule has 164 valence electrons. The molecule has 4 aliphatic rings. The lowest BCUT2D eigenvalue weighted by Gasteiger charge is -2.39. The van der Waals surface area contributed by atoms with Crippen LogP contribution in [0.25, 0.3) is 6.08 Å². The first-order chi connectivity index (χ1) is 15.4. The summed E-state index contributed by atoms with van der Waals surface area (Å²) in [5.74, 6) is 0.0556. The van der Waals surface area contributed by atoms with Gasteiger partial charge in [0.25, 0.3) is 0 Å². The highest BCUT2D eigenvalue weighted by Crippen LogP contribution is 2.47. The van der Waals surface area contributed by atoms with E-state index in [1.165, 1.54) is 29.7 Å². The van der Waals surface area contributed by atoms with Gasteiger partial charge in [-0.05, 0) is 63.7 Å². The van der Waals surface area contributed by atoms with Crippen LogP contribution in [0.5, 0.6) is 0 Å². The van der Waals surface area contributed by atoms with Crippen LogP contribution in [0, 0.1) is 11.3 Å². The number of nitriles is 1. The van der Waals surface area contributed by atoms with Crippen LogP contribution in [0.15, 0.2) is 22.2 Å². The van der Waals surface area contributed by atoms with E-state index in [-0.39, 0.29) is 17.6 Å². The quantitative estimate of drug-likeness (QED) is 0.657. The molecule has 1 saturated carbocycles. The van der Waals surface area contributed by atoms with E-state index in [1.807, 2.05) is 6.08 Å². The maximum Gasteiger partial charge on any atom is 0.170 e. The third-order valence-electron chi connectivity index (χ3n) is 7.78. The zero-order valence-corrected chi connectivity index (χ0v) is 20.2. The highest BCUT2D eigenvalue weighted by molar-refractivity contribution is 9.10. The summed E-state index contributed by atoms with van der Waals surface area (Å²) in [7, 11) is 0. The zero-order chi connectivity index (χ0) is 22.2. The van der Waals surface area contributed by atoms with Gasteiger partial charge in [-0.1, -0.05) is 13.8 Å². The number of carbonyl (C=O) groups is 1. The van der Waals surface area contributed by atoms with Gasteiger partial charge in [0.2, 0.25) is 0 Å². The standard InChI is InChI=1S/C26H27BrN4O/c1-26(2)19-13-22(31-7-5-30(6-8-31)17-3-4-17)20(27)12-16(19)11-18-24-21(29-25(18)26)9-15(14-28)10-23(24)32/h9,12-13,17,29H,3-8,10-11H2,1-2H3. The molecule has 0 unspecified atom stereocenters. The Labute approximate surface area is 197 Å². The lowest BCUT2D eigenvalue weighted by Crippen LogP contribution is -2.47. The van der Waals surface area contributed by atoms with Crippen molar-refractivity contribution in [3.05, 3.63) is 55.8 Å². The molecular weight excluding hydrogens is 464 g/mol. The SMILES string of the molecule is CC1(C)c2cc(N3CCN(C4CC4)CC3)c(Br)cc2Cc2c1[nH]c1c2C(=O)CC(C#N)=C1. The second kappa shape index (κ2) is 7.07. The smallest absolute Gasteiger partial charge is 0.170 e. The molecule has 1 N–H and O–H groups in total. The monoisotopic (exact) mass is 490 g/mol. The van der Waals surface area contributed by atoms with Crippen LogP contribution in [0.4, 0.5) is 5.69 Å². The minimum Gasteiger partial charge on any atom is -0.368 e. The summed E-state index contributed by atoms with van der Waals surface area (Å²) in [6.45, 7) is 8.89. The molecule has 1 aromatic carbocycles. The minimum atomic E-state index is -0.244. The van der Waals surface area contributed by atoms with E-state index in [2.05, 4.69) is 62.8 Å². The number of anilines is 1. The molecule has 0 amide bonds. The molecule has 6 heteroatoms. The van der Waals surface area contributed by atoms with Crippen molar-refractivity contribution in [3.8, 4) is 6.07 Å². The number of H-pyrrole nitrogens is 1. The maximum atomic E-state index is 12.9. The lowest BCUT2D eigenvalue weighted by molar-refractivity contribution is 0.0992. The Bertz CT molecular complexity index is 1220. The molecule has 1 saturated heterocycles. The van der Waals surface area contributed by atoms with E-state index < -0.39 is 0 Å². The van der Waals surface area contributed by atoms with Crippen molar-refractivity contribution in [2.45, 2.75) is 51.0 Å². The number of ketones is 1. The maximum absolute atomic E-state index is 12.9. The second-order valence-corrected chi connectivity index (χ2v) is 11.0. The fraction of sp³-hybridized carbons (Fsp3) is 0.462. The predicted molar refractivity (Wildman–Crippen MR) is 129 cm³/mol. The number of halogens is 1. The molecule has 1 aliphatic heterocycles. The minimum absolute atomic E-state index is 0.0556. The first kappa shape index (κ1) is 20.3. The molecule has 32 heavy (non-hydrogen) atoms. The topological polar surface area (TPSA) is 63.1 Å². The summed E-state index contributed by atoms with van der Waals surface area (Å²) >= 11 is 3.86. The van der Waals surface area contributed by atoms with E-state index in [0.717, 1.165) is 65.6 Å². The summed E-state index contributed by atoms with van der Waals surface area (Å²) in [5, 5.41) is 9.32. The number of nitrogens with one attached hydrogen (secondary N) is 1. The molecule has 2 aromatic rings. The average Bonchev–Trinajstić information content (AvgIpc) is 3.54. The molecule has 2 fully saturated rings. The van der Waals surface area contributed by atoms with E-state index in [1.54, 1.807) is 0 Å². The van der Waals surface area contributed by atoms with E-state index in [9.17, 15) is 10.1 Å². The number of carbonyl (C=O) groups excluding carboxylic acids is 1. The summed E-state index contributed by atoms with van der Waals surface area (Å²) in [5.41, 5.74) is 7.98. The van der Waals surface area contributed by atoms with Crippen LogP contribution in [0.1, 0.15) is 71.5 Å². The van der Waals surface area contributed by atoms with Gasteiger partial charge in [0.15, 0.2) is 5.78 Å². The van der Waals surface area contributed by atoms with E-state index in [4.69, 9.17) is 0 Å². The highest BCUT2D eigenvalue weighted by atomic mass is 79.9. The van der Waals surface area contributed by atoms with Crippen LogP contribution >= 0.6 is 15.9 Å². The van der Waals surface area contributed by atoms with Crippen molar-refractivity contribution >= 4 is 33.5 Å². The van der Waals surface area contributed by atoms with Gasteiger partial charge in [0.05, 0.1) is 17.5 Å². The summed E-state index contributed by atoms with van der Waals surface area (Å²) < 4.78 is 1.14. The third-order valence-corrected chi connectivity index (χ3v) is 8.42. The number of aromatic amines is 1. The van der Waals surface area contributed by atoms with Crippen LogP contribution in [0.3, 0.4) is 0 Å². The number of rotatable bonds is 2. The number of piperazine rings is 1. The Morgan fingerprint density at radius 3 is 2.59 bits per heavy atom. The van der Waals surface area contributed by atoms with Gasteiger partial charge in [-0.15, -0.1) is 0 Å². The summed E-state index contributed by atoms with van der Waals surface area (Å²) in [6, 6.07) is 7.63. The predicted octanol–water partition coefficient (Wildman–Crippen LogP) is 4.79. The van der Waals surface area contributed by atoms with Gasteiger partial charge in [-0.2, -0.15) is 5.26 Å². The molecule has 1 aromatic heterocycles. The number of allylic oxidation sites excluding steroid dienone is 1. The number of aromatic nitrogens is 1. The molecule has 5 nitrogen and oxygen atoms in total. The molecular formula is C26H27BrN4O. The van der Waals surface area contributed by atoms with Crippen LogP contribution < -0.4 is 4.90 Å². The van der Waals surface area contributed by atoms with Crippen molar-refractivity contribution < 1.29 is 4.79 Å². The lowest BCUT2D eigenvalue weighted by atomic mass is 9.71. The molecule has 0 radical (unpaired) electrons. The summed E-state index contributed by atoms with van der Waals surface area (Å²) in [4.78, 5) is 21.6. The second-order valence-electron chi connectivity index (χ2n) is 10.2. The third kappa shape index (κ3) is 3.02. The number of hydrogen-bond donors (Lipinski definition) is 1. The summed E-state index contributed by atoms with van der Waals surface area (Å²) in [6.07, 6.45) is 5.54. The van der Waals surface area contributed by atoms with Crippen molar-refractivity contribution in [1.29, 1.82) is 5.26 Å². The first-order valence-corrected chi connectivity index (χ1v) is 12.4. The molecule has 6 rings (SSSR count). The average molecular weight is 491 g/mol. The number of hydrogen-bond acceptors (Lipinski definition) is 4. The molecule has 3 aliphatic carbocycles. The molecule has 0 spiro atoms. The van der Waals surface area contributed by atoms with Gasteiger partial charge in [0.1, 0.15) is 0 Å². The number of Topliss-reactive ketones (excluding diaryl/α,β-unsaturated/α-hetero) is 1. The van der Waals surface area contributed by atoms with Crippen molar-refractivity contribution in [2.24, 2.45) is 0 Å². The van der Waals surface area contributed by atoms with Crippen LogP contribution in [-0.2, 0) is 11.8 Å². The highest BCUT2D eigenvalue weighted by Gasteiger charge is 2.40. The van der Waals surface area contributed by atoms with Crippen LogP contribution in [-0.4, -0.2) is 47.9 Å². The molecule has 2 heterocycles. The van der Waals surface area contributed by atoms with E-state index in [0.29, 0.717) is 5.57 Å². The van der Waals surface area contributed by atoms with Gasteiger partial charge in [0, 0.05) is 71.8 Å². The van der Waals surface area contributed by atoms with Crippen molar-refractivity contribution in [2.75, 3.05) is 31.1 Å². The van der Waals surface area contributed by atoms with Gasteiger partial charge < -0.3 is 9.88 Å². The largest absolute Gasteiger partial charge is 0.368 e. The first-order valence-electron chi connectivity index (χ1n) is 11.6. The fourth-order valence-corrected chi connectivity index (χ4v) is 6.56. The molecule has 0 bridgehead atoms. The Morgan fingerprint density at radius 2 is 1.91 bits per heavy atom. The van der Waals surface area contributed by atoms with E-state index >= 15 is 0 Å². The van der Waals surface area contributed by atoms with Crippen molar-refractivity contribution in [1.82, 2.24) is 9.88 Å². The Morgan fingerprint density at radius 1 is 1.16 bits per heavy atom. The zero-order valence-electron chi connectivity index (χ0n) is 18.6. The number of fused-ring (bicyclic) bond motifs is 4.